The van der Waals surface area contributed by atoms with Gasteiger partial charge in [0.15, 0.2) is 0 Å². The van der Waals surface area contributed by atoms with Gasteiger partial charge in [0.2, 0.25) is 5.91 Å². The Bertz CT molecular complexity index is 1000. The third-order valence-electron chi connectivity index (χ3n) is 4.30. The number of aryl methyl sites for hydroxylation is 2. The van der Waals surface area contributed by atoms with Crippen LogP contribution in [0.15, 0.2) is 40.3 Å². The minimum atomic E-state index is -0.318. The Morgan fingerprint density at radius 1 is 1.26 bits per heavy atom. The zero-order chi connectivity index (χ0) is 25.7. The highest BCUT2D eigenvalue weighted by atomic mass is 32.1. The van der Waals surface area contributed by atoms with Gasteiger partial charge < -0.3 is 19.4 Å². The second-order valence-corrected chi connectivity index (χ2v) is 10.4. The van der Waals surface area contributed by atoms with E-state index in [2.05, 4.69) is 41.9 Å². The van der Waals surface area contributed by atoms with Crippen LogP contribution in [0, 0.1) is 19.8 Å². The molecule has 1 N–H and O–H groups in total. The van der Waals surface area contributed by atoms with Gasteiger partial charge in [0.1, 0.15) is 11.2 Å². The number of ether oxygens (including phenoxy) is 1. The van der Waals surface area contributed by atoms with Crippen molar-refractivity contribution in [2.24, 2.45) is 5.92 Å². The van der Waals surface area contributed by atoms with Crippen LogP contribution in [0.4, 0.5) is 0 Å². The van der Waals surface area contributed by atoms with Gasteiger partial charge in [-0.2, -0.15) is 0 Å². The number of carbonyl (C=O) groups is 2. The second kappa shape index (κ2) is 14.5. The fraction of sp³-hybridized carbons (Fsp3) is 0.500. The molecule has 3 aromatic rings. The van der Waals surface area contributed by atoms with Gasteiger partial charge in [0, 0.05) is 17.3 Å². The lowest BCUT2D eigenvalue weighted by Crippen LogP contribution is -2.39. The van der Waals surface area contributed by atoms with Gasteiger partial charge in [0.25, 0.3) is 6.47 Å². The average molecular weight is 490 g/mol. The van der Waals surface area contributed by atoms with Crippen molar-refractivity contribution in [1.82, 2.24) is 15.2 Å². The maximum atomic E-state index is 11.9. The Morgan fingerprint density at radius 2 is 1.97 bits per heavy atom. The molecule has 0 radical (unpaired) electrons. The molecule has 0 bridgehead atoms. The van der Waals surface area contributed by atoms with Crippen LogP contribution in [0.3, 0.4) is 0 Å². The summed E-state index contributed by atoms with van der Waals surface area (Å²) in [4.78, 5) is 27.8. The third kappa shape index (κ3) is 12.0. The molecule has 0 saturated heterocycles. The summed E-state index contributed by atoms with van der Waals surface area (Å²) < 4.78 is 9.72. The Balaban J connectivity index is 0.000000286. The number of furan rings is 1. The number of nitrogens with zero attached hydrogens (tertiary/aromatic N) is 2. The molecule has 0 unspecified atom stereocenters. The molecule has 0 atom stereocenters. The third-order valence-corrected chi connectivity index (χ3v) is 5.12. The van der Waals surface area contributed by atoms with E-state index in [4.69, 9.17) is 4.42 Å². The number of carbonyl (C=O) groups excluding carboxylic acids is 2. The van der Waals surface area contributed by atoms with Gasteiger partial charge in [-0.1, -0.05) is 25.5 Å². The molecule has 3 rings (SSSR count). The lowest BCUT2D eigenvalue weighted by molar-refractivity contribution is -0.138. The van der Waals surface area contributed by atoms with Crippen molar-refractivity contribution >= 4 is 34.7 Å². The molecule has 7 nitrogen and oxygen atoms in total. The lowest BCUT2D eigenvalue weighted by atomic mass is 10.2. The van der Waals surface area contributed by atoms with Crippen molar-refractivity contribution in [2.45, 2.75) is 60.6 Å². The standard InChI is InChI=1S/C12H21N3OS.C9H8O.C5H10O2/c1-9(2)6-15(12(16)5-13-4)7-11-8-17-10(3)14-11;1-7-2-3-9-8(6-7)4-5-10-9;1-5(2,3)7-4-6/h8-9,13H,5-7H2,1-4H3;2-6H,1H3;4H,1-3H3. The largest absolute Gasteiger partial charge is 0.464 e. The van der Waals surface area contributed by atoms with Crippen LogP contribution >= 0.6 is 11.3 Å². The highest BCUT2D eigenvalue weighted by Gasteiger charge is 2.15. The van der Waals surface area contributed by atoms with E-state index in [9.17, 15) is 9.59 Å². The van der Waals surface area contributed by atoms with Crippen LogP contribution in [-0.2, 0) is 20.9 Å². The van der Waals surface area contributed by atoms with Crippen molar-refractivity contribution in [3.63, 3.8) is 0 Å². The van der Waals surface area contributed by atoms with E-state index in [0.29, 0.717) is 25.5 Å². The first-order chi connectivity index (χ1) is 15.9. The summed E-state index contributed by atoms with van der Waals surface area (Å²) in [5.41, 5.74) is 2.90. The number of nitrogens with one attached hydrogen (secondary N) is 1. The van der Waals surface area contributed by atoms with Crippen LogP contribution in [0.2, 0.25) is 0 Å². The topological polar surface area (TPSA) is 84.7 Å². The van der Waals surface area contributed by atoms with Crippen molar-refractivity contribution < 1.29 is 18.7 Å². The molecule has 8 heteroatoms. The number of rotatable bonds is 7. The summed E-state index contributed by atoms with van der Waals surface area (Å²) in [6.45, 7) is 16.0. The number of fused-ring (bicyclic) bond motifs is 1. The van der Waals surface area contributed by atoms with E-state index >= 15 is 0 Å². The first kappa shape index (κ1) is 29.3. The minimum absolute atomic E-state index is 0.131. The zero-order valence-corrected chi connectivity index (χ0v) is 22.5. The molecule has 0 aliphatic rings. The number of benzene rings is 1. The number of amides is 1. The highest BCUT2D eigenvalue weighted by molar-refractivity contribution is 7.09. The SMILES string of the molecule is CC(C)(C)OC=O.CNCC(=O)N(Cc1csc(C)n1)CC(C)C.Cc1ccc2occc2c1. The fourth-order valence-electron chi connectivity index (χ4n) is 2.87. The summed E-state index contributed by atoms with van der Waals surface area (Å²) in [5, 5.41) is 7.15. The van der Waals surface area contributed by atoms with Gasteiger partial charge >= 0.3 is 0 Å². The summed E-state index contributed by atoms with van der Waals surface area (Å²) in [5.74, 6) is 0.599. The number of hydrogen-bond donors (Lipinski definition) is 1. The predicted molar refractivity (Wildman–Crippen MR) is 139 cm³/mol. The molecule has 2 aromatic heterocycles. The van der Waals surface area contributed by atoms with E-state index in [-0.39, 0.29) is 11.5 Å². The van der Waals surface area contributed by atoms with Crippen molar-refractivity contribution in [3.05, 3.63) is 52.2 Å². The normalized spacial score (nSPS) is 10.7. The zero-order valence-electron chi connectivity index (χ0n) is 21.7. The van der Waals surface area contributed by atoms with Gasteiger partial charge in [-0.15, -0.1) is 11.3 Å². The molecule has 34 heavy (non-hydrogen) atoms. The summed E-state index contributed by atoms with van der Waals surface area (Å²) in [6.07, 6.45) is 1.71. The monoisotopic (exact) mass is 489 g/mol. The predicted octanol–water partition coefficient (Wildman–Crippen LogP) is 5.35. The van der Waals surface area contributed by atoms with E-state index in [1.54, 1.807) is 24.6 Å². The van der Waals surface area contributed by atoms with Crippen LogP contribution < -0.4 is 5.32 Å². The number of aromatic nitrogens is 1. The molecule has 1 aromatic carbocycles. The molecule has 0 aliphatic carbocycles. The lowest BCUT2D eigenvalue weighted by Gasteiger charge is -2.23. The van der Waals surface area contributed by atoms with Crippen molar-refractivity contribution in [1.29, 1.82) is 0 Å². The Labute approximate surface area is 207 Å². The van der Waals surface area contributed by atoms with Crippen molar-refractivity contribution in [3.8, 4) is 0 Å². The smallest absolute Gasteiger partial charge is 0.293 e. The van der Waals surface area contributed by atoms with Gasteiger partial charge in [-0.3, -0.25) is 9.59 Å². The molecule has 0 aliphatic heterocycles. The summed E-state index contributed by atoms with van der Waals surface area (Å²) in [6, 6.07) is 8.12. The molecular weight excluding hydrogens is 450 g/mol. The summed E-state index contributed by atoms with van der Waals surface area (Å²) in [7, 11) is 1.79. The van der Waals surface area contributed by atoms with Crippen LogP contribution in [0.1, 0.15) is 50.9 Å². The number of hydrogen-bond acceptors (Lipinski definition) is 7. The van der Waals surface area contributed by atoms with Crippen LogP contribution in [-0.4, -0.2) is 48.0 Å². The van der Waals surface area contributed by atoms with Gasteiger partial charge in [-0.25, -0.2) is 4.98 Å². The molecular formula is C26H39N3O4S. The first-order valence-electron chi connectivity index (χ1n) is 11.3. The quantitative estimate of drug-likeness (QED) is 0.450. The van der Waals surface area contributed by atoms with E-state index in [1.165, 1.54) is 10.9 Å². The number of likely N-dealkylation sites (N-methyl/N-ethyl adjacent to an activating group) is 1. The molecule has 188 valence electrons. The summed E-state index contributed by atoms with van der Waals surface area (Å²) >= 11 is 1.63. The Hall–Kier alpha value is -2.71. The second-order valence-electron chi connectivity index (χ2n) is 9.34. The molecule has 0 spiro atoms. The van der Waals surface area contributed by atoms with E-state index < -0.39 is 0 Å². The van der Waals surface area contributed by atoms with Crippen LogP contribution in [0.25, 0.3) is 11.0 Å². The first-order valence-corrected chi connectivity index (χ1v) is 12.2. The average Bonchev–Trinajstić information content (AvgIpc) is 3.35. The number of thiazole rings is 1. The van der Waals surface area contributed by atoms with E-state index in [0.717, 1.165) is 22.8 Å². The van der Waals surface area contributed by atoms with Gasteiger partial charge in [0.05, 0.1) is 30.1 Å². The maximum absolute atomic E-state index is 11.9. The molecule has 2 heterocycles. The minimum Gasteiger partial charge on any atom is -0.464 e. The van der Waals surface area contributed by atoms with E-state index in [1.807, 2.05) is 56.2 Å². The highest BCUT2D eigenvalue weighted by Crippen LogP contribution is 2.16. The van der Waals surface area contributed by atoms with Crippen LogP contribution in [0.5, 0.6) is 0 Å². The van der Waals surface area contributed by atoms with Crippen molar-refractivity contribution in [2.75, 3.05) is 20.1 Å². The molecule has 1 amide bonds. The Kier molecular flexibility index (Phi) is 12.5. The maximum Gasteiger partial charge on any atom is 0.293 e. The molecule has 0 saturated carbocycles. The van der Waals surface area contributed by atoms with Gasteiger partial charge in [-0.05, 0) is 65.8 Å². The Morgan fingerprint density at radius 3 is 2.47 bits per heavy atom. The molecule has 0 fully saturated rings. The fourth-order valence-corrected chi connectivity index (χ4v) is 3.47.